The molecule has 4 heteroatoms. The maximum absolute atomic E-state index is 14.0. The standard InChI is InChI=1S/C22H28F4/c1-2-3-4-5-6-16-7-9-17(10-8-16)18-11-12-20-19(15-18)13-14-21(23,24)22(20,25)26/h11-17H,2-10H2,1H3. The number of allylic oxidation sites excluding steroid dienone is 1. The van der Waals surface area contributed by atoms with Gasteiger partial charge in [0, 0.05) is 5.56 Å². The normalized spacial score (nSPS) is 26.5. The van der Waals surface area contributed by atoms with Gasteiger partial charge in [-0.15, -0.1) is 0 Å². The van der Waals surface area contributed by atoms with Gasteiger partial charge >= 0.3 is 11.8 Å². The van der Waals surface area contributed by atoms with Crippen LogP contribution in [0.1, 0.15) is 87.3 Å². The second kappa shape index (κ2) is 7.74. The minimum Gasteiger partial charge on any atom is -0.195 e. The lowest BCUT2D eigenvalue weighted by atomic mass is 9.76. The smallest absolute Gasteiger partial charge is 0.195 e. The molecule has 0 aromatic heterocycles. The molecule has 1 saturated carbocycles. The lowest BCUT2D eigenvalue weighted by Gasteiger charge is -2.31. The van der Waals surface area contributed by atoms with Gasteiger partial charge in [-0.3, -0.25) is 0 Å². The molecule has 0 nitrogen and oxygen atoms in total. The van der Waals surface area contributed by atoms with E-state index in [1.807, 2.05) is 0 Å². The first-order valence-electron chi connectivity index (χ1n) is 9.94. The Bertz CT molecular complexity index is 640. The second-order valence-electron chi connectivity index (χ2n) is 7.94. The molecule has 26 heavy (non-hydrogen) atoms. The van der Waals surface area contributed by atoms with Crippen LogP contribution in [0.15, 0.2) is 24.3 Å². The first-order valence-corrected chi connectivity index (χ1v) is 9.94. The molecule has 0 atom stereocenters. The highest BCUT2D eigenvalue weighted by molar-refractivity contribution is 5.61. The Morgan fingerprint density at radius 3 is 2.38 bits per heavy atom. The highest BCUT2D eigenvalue weighted by Gasteiger charge is 2.58. The quantitative estimate of drug-likeness (QED) is 0.357. The van der Waals surface area contributed by atoms with Gasteiger partial charge in [0.25, 0.3) is 0 Å². The molecule has 1 aromatic carbocycles. The summed E-state index contributed by atoms with van der Waals surface area (Å²) in [6, 6.07) is 4.54. The lowest BCUT2D eigenvalue weighted by Crippen LogP contribution is -2.38. The first kappa shape index (κ1) is 19.4. The van der Waals surface area contributed by atoms with E-state index in [4.69, 9.17) is 0 Å². The van der Waals surface area contributed by atoms with Crippen molar-refractivity contribution in [3.05, 3.63) is 41.0 Å². The average Bonchev–Trinajstić information content (AvgIpc) is 2.63. The van der Waals surface area contributed by atoms with Crippen LogP contribution >= 0.6 is 0 Å². The molecule has 0 heterocycles. The van der Waals surface area contributed by atoms with Gasteiger partial charge in [0.1, 0.15) is 0 Å². The van der Waals surface area contributed by atoms with Crippen molar-refractivity contribution < 1.29 is 17.6 Å². The van der Waals surface area contributed by atoms with Crippen molar-refractivity contribution in [1.82, 2.24) is 0 Å². The summed E-state index contributed by atoms with van der Waals surface area (Å²) in [5.41, 5.74) is 0.692. The van der Waals surface area contributed by atoms with Gasteiger partial charge in [-0.25, -0.2) is 0 Å². The van der Waals surface area contributed by atoms with Crippen molar-refractivity contribution in [1.29, 1.82) is 0 Å². The molecular weight excluding hydrogens is 340 g/mol. The highest BCUT2D eigenvalue weighted by Crippen LogP contribution is 2.49. The zero-order valence-corrected chi connectivity index (χ0v) is 15.4. The van der Waals surface area contributed by atoms with Crippen LogP contribution in [-0.4, -0.2) is 5.92 Å². The lowest BCUT2D eigenvalue weighted by molar-refractivity contribution is -0.187. The predicted octanol–water partition coefficient (Wildman–Crippen LogP) is 7.68. The van der Waals surface area contributed by atoms with Crippen LogP contribution < -0.4 is 0 Å². The van der Waals surface area contributed by atoms with Crippen LogP contribution in [0, 0.1) is 5.92 Å². The van der Waals surface area contributed by atoms with Crippen LogP contribution in [0.5, 0.6) is 0 Å². The minimum atomic E-state index is -4.13. The van der Waals surface area contributed by atoms with E-state index in [1.54, 1.807) is 12.1 Å². The zero-order valence-electron chi connectivity index (χ0n) is 15.4. The summed E-state index contributed by atoms with van der Waals surface area (Å²) < 4.78 is 54.9. The first-order chi connectivity index (χ1) is 12.3. The Hall–Kier alpha value is -1.32. The van der Waals surface area contributed by atoms with Crippen molar-refractivity contribution in [2.45, 2.75) is 82.5 Å². The van der Waals surface area contributed by atoms with E-state index >= 15 is 0 Å². The molecule has 0 radical (unpaired) electrons. The third-order valence-electron chi connectivity index (χ3n) is 6.09. The van der Waals surface area contributed by atoms with Crippen LogP contribution in [0.3, 0.4) is 0 Å². The molecule has 0 N–H and O–H groups in total. The number of hydrogen-bond acceptors (Lipinski definition) is 0. The van der Waals surface area contributed by atoms with Crippen molar-refractivity contribution in [3.8, 4) is 0 Å². The fraction of sp³-hybridized carbons (Fsp3) is 0.636. The number of halogens is 4. The van der Waals surface area contributed by atoms with E-state index in [-0.39, 0.29) is 5.56 Å². The van der Waals surface area contributed by atoms with Gasteiger partial charge in [0.05, 0.1) is 0 Å². The molecule has 0 saturated heterocycles. The molecule has 1 aromatic rings. The molecule has 2 aliphatic carbocycles. The third-order valence-corrected chi connectivity index (χ3v) is 6.09. The maximum Gasteiger partial charge on any atom is 0.339 e. The average molecular weight is 368 g/mol. The molecule has 0 amide bonds. The predicted molar refractivity (Wildman–Crippen MR) is 97.8 cm³/mol. The van der Waals surface area contributed by atoms with Crippen molar-refractivity contribution >= 4 is 6.08 Å². The molecule has 0 bridgehead atoms. The van der Waals surface area contributed by atoms with Crippen molar-refractivity contribution in [2.75, 3.05) is 0 Å². The Balaban J connectivity index is 1.62. The molecule has 2 aliphatic rings. The van der Waals surface area contributed by atoms with Gasteiger partial charge < -0.3 is 0 Å². The molecule has 0 spiro atoms. The minimum absolute atomic E-state index is 0.236. The summed E-state index contributed by atoms with van der Waals surface area (Å²) in [6.45, 7) is 2.22. The van der Waals surface area contributed by atoms with Crippen LogP contribution in [0.25, 0.3) is 6.08 Å². The maximum atomic E-state index is 14.0. The summed E-state index contributed by atoms with van der Waals surface area (Å²) in [5, 5.41) is 0. The van der Waals surface area contributed by atoms with E-state index in [0.717, 1.165) is 30.4 Å². The summed E-state index contributed by atoms with van der Waals surface area (Å²) in [6.07, 6.45) is 12.4. The summed E-state index contributed by atoms with van der Waals surface area (Å²) in [7, 11) is 0. The number of unbranched alkanes of at least 4 members (excludes halogenated alkanes) is 3. The largest absolute Gasteiger partial charge is 0.339 e. The summed E-state index contributed by atoms with van der Waals surface area (Å²) >= 11 is 0. The fourth-order valence-corrected chi connectivity index (χ4v) is 4.38. The van der Waals surface area contributed by atoms with Crippen LogP contribution in [0.2, 0.25) is 0 Å². The monoisotopic (exact) mass is 368 g/mol. The van der Waals surface area contributed by atoms with Gasteiger partial charge in [-0.05, 0) is 54.7 Å². The van der Waals surface area contributed by atoms with E-state index in [9.17, 15) is 17.6 Å². The number of alkyl halides is 4. The summed E-state index contributed by atoms with van der Waals surface area (Å²) in [5.74, 6) is -7.11. The van der Waals surface area contributed by atoms with Gasteiger partial charge in [0.15, 0.2) is 0 Å². The van der Waals surface area contributed by atoms with Crippen LogP contribution in [-0.2, 0) is 5.92 Å². The van der Waals surface area contributed by atoms with E-state index in [2.05, 4.69) is 6.92 Å². The number of hydrogen-bond donors (Lipinski definition) is 0. The fourth-order valence-electron chi connectivity index (χ4n) is 4.38. The topological polar surface area (TPSA) is 0 Å². The number of benzene rings is 1. The molecule has 3 rings (SSSR count). The van der Waals surface area contributed by atoms with E-state index in [1.165, 1.54) is 51.0 Å². The third kappa shape index (κ3) is 3.84. The van der Waals surface area contributed by atoms with Gasteiger partial charge in [-0.1, -0.05) is 63.3 Å². The molecular formula is C22H28F4. The Morgan fingerprint density at radius 1 is 0.962 bits per heavy atom. The molecule has 0 aliphatic heterocycles. The second-order valence-corrected chi connectivity index (χ2v) is 7.94. The molecule has 144 valence electrons. The zero-order chi connectivity index (χ0) is 18.8. The Morgan fingerprint density at radius 2 is 1.69 bits per heavy atom. The van der Waals surface area contributed by atoms with Gasteiger partial charge in [0.2, 0.25) is 0 Å². The van der Waals surface area contributed by atoms with E-state index < -0.39 is 17.4 Å². The van der Waals surface area contributed by atoms with E-state index in [0.29, 0.717) is 12.0 Å². The number of rotatable bonds is 6. The SMILES string of the molecule is CCCCCCC1CCC(c2ccc3c(c2)C=CC(F)(F)C3(F)F)CC1. The summed E-state index contributed by atoms with van der Waals surface area (Å²) in [4.78, 5) is 0. The number of fused-ring (bicyclic) bond motifs is 1. The molecule has 0 unspecified atom stereocenters. The van der Waals surface area contributed by atoms with Crippen LogP contribution in [0.4, 0.5) is 17.6 Å². The highest BCUT2D eigenvalue weighted by atomic mass is 19.3. The van der Waals surface area contributed by atoms with Gasteiger partial charge in [-0.2, -0.15) is 17.6 Å². The van der Waals surface area contributed by atoms with Crippen molar-refractivity contribution in [2.24, 2.45) is 5.92 Å². The van der Waals surface area contributed by atoms with Crippen molar-refractivity contribution in [3.63, 3.8) is 0 Å². The Labute approximate surface area is 153 Å². The Kier molecular flexibility index (Phi) is 5.78. The molecule has 1 fully saturated rings.